The fraction of sp³-hybridized carbons (Fsp3) is 0. The summed E-state index contributed by atoms with van der Waals surface area (Å²) in [6, 6.07) is 57.2. The maximum atomic E-state index is 6.54. The van der Waals surface area contributed by atoms with Gasteiger partial charge in [0.25, 0.3) is 0 Å². The summed E-state index contributed by atoms with van der Waals surface area (Å²) in [7, 11) is 0. The first-order valence-corrected chi connectivity index (χ1v) is 16.2. The van der Waals surface area contributed by atoms with E-state index in [1.807, 2.05) is 30.3 Å². The molecule has 0 bridgehead atoms. The predicted molar refractivity (Wildman–Crippen MR) is 197 cm³/mol. The Labute approximate surface area is 276 Å². The molecule has 224 valence electrons. The van der Waals surface area contributed by atoms with Crippen LogP contribution in [0.25, 0.3) is 94.1 Å². The summed E-state index contributed by atoms with van der Waals surface area (Å²) >= 11 is 0. The fourth-order valence-electron chi connectivity index (χ4n) is 7.14. The Bertz CT molecular complexity index is 2810. The Morgan fingerprint density at radius 1 is 0.417 bits per heavy atom. The number of hydrogen-bond donors (Lipinski definition) is 0. The van der Waals surface area contributed by atoms with Crippen LogP contribution >= 0.6 is 0 Å². The van der Waals surface area contributed by atoms with E-state index in [9.17, 15) is 0 Å². The molecule has 0 fully saturated rings. The van der Waals surface area contributed by atoms with Crippen LogP contribution in [0.2, 0.25) is 0 Å². The molecule has 0 unspecified atom stereocenters. The summed E-state index contributed by atoms with van der Waals surface area (Å²) < 4.78 is 8.86. The molecule has 48 heavy (non-hydrogen) atoms. The van der Waals surface area contributed by atoms with Gasteiger partial charge in [-0.2, -0.15) is 0 Å². The van der Waals surface area contributed by atoms with Crippen LogP contribution in [0.1, 0.15) is 0 Å². The van der Waals surface area contributed by atoms with E-state index < -0.39 is 0 Å². The van der Waals surface area contributed by atoms with Gasteiger partial charge in [-0.05, 0) is 59.7 Å². The standard InChI is InChI=1S/C44H27N3O/c1-2-10-28(11-3-1)29-18-20-30(21-19-29)41-37-14-4-7-15-38(37)45-44(46-41)31-22-24-32(25-23-31)47-39-16-8-5-12-33(39)35-26-27-36-34-13-6-9-17-40(34)48-43(36)42(35)47/h1-27H. The number of fused-ring (bicyclic) bond motifs is 8. The van der Waals surface area contributed by atoms with Crippen molar-refractivity contribution in [2.45, 2.75) is 0 Å². The lowest BCUT2D eigenvalue weighted by atomic mass is 10.0. The lowest BCUT2D eigenvalue weighted by Crippen LogP contribution is -1.97. The van der Waals surface area contributed by atoms with Crippen LogP contribution in [0.3, 0.4) is 0 Å². The van der Waals surface area contributed by atoms with E-state index in [1.165, 1.54) is 21.9 Å². The van der Waals surface area contributed by atoms with Crippen molar-refractivity contribution < 1.29 is 4.42 Å². The van der Waals surface area contributed by atoms with Crippen molar-refractivity contribution in [3.8, 4) is 39.5 Å². The van der Waals surface area contributed by atoms with Gasteiger partial charge in [0, 0.05) is 43.7 Å². The zero-order valence-electron chi connectivity index (χ0n) is 25.8. The van der Waals surface area contributed by atoms with E-state index >= 15 is 0 Å². The SMILES string of the molecule is c1ccc(-c2ccc(-c3nc(-c4ccc(-n5c6ccccc6c6ccc7c8ccccc8oc7c65)cc4)nc4ccccc34)cc2)cc1. The minimum absolute atomic E-state index is 0.698. The van der Waals surface area contributed by atoms with Crippen LogP contribution in [0, 0.1) is 0 Å². The third kappa shape index (κ3) is 4.10. The number of furan rings is 1. The van der Waals surface area contributed by atoms with Crippen LogP contribution in [0.4, 0.5) is 0 Å². The number of nitrogens with zero attached hydrogens (tertiary/aromatic N) is 3. The molecule has 0 N–H and O–H groups in total. The minimum Gasteiger partial charge on any atom is -0.454 e. The van der Waals surface area contributed by atoms with Crippen molar-refractivity contribution in [1.82, 2.24) is 14.5 Å². The van der Waals surface area contributed by atoms with Crippen molar-refractivity contribution in [3.05, 3.63) is 164 Å². The molecule has 4 nitrogen and oxygen atoms in total. The maximum absolute atomic E-state index is 6.54. The average molecular weight is 614 g/mol. The molecule has 0 amide bonds. The summed E-state index contributed by atoms with van der Waals surface area (Å²) in [6.07, 6.45) is 0. The molecule has 0 spiro atoms. The highest BCUT2D eigenvalue weighted by Crippen LogP contribution is 2.40. The highest BCUT2D eigenvalue weighted by Gasteiger charge is 2.19. The van der Waals surface area contributed by atoms with Gasteiger partial charge in [0.1, 0.15) is 5.58 Å². The van der Waals surface area contributed by atoms with Gasteiger partial charge in [-0.3, -0.25) is 0 Å². The molecule has 10 aromatic rings. The first-order valence-electron chi connectivity index (χ1n) is 16.2. The third-order valence-electron chi connectivity index (χ3n) is 9.43. The van der Waals surface area contributed by atoms with Crippen molar-refractivity contribution in [2.75, 3.05) is 0 Å². The average Bonchev–Trinajstić information content (AvgIpc) is 3.71. The smallest absolute Gasteiger partial charge is 0.160 e. The summed E-state index contributed by atoms with van der Waals surface area (Å²) in [6.45, 7) is 0. The number of hydrogen-bond acceptors (Lipinski definition) is 3. The molecule has 0 saturated heterocycles. The Hall–Kier alpha value is -6.52. The Kier molecular flexibility index (Phi) is 5.84. The molecule has 0 radical (unpaired) electrons. The van der Waals surface area contributed by atoms with Crippen molar-refractivity contribution in [3.63, 3.8) is 0 Å². The second kappa shape index (κ2) is 10.5. The van der Waals surface area contributed by atoms with Crippen LogP contribution in [0.15, 0.2) is 168 Å². The molecule has 10 rings (SSSR count). The summed E-state index contributed by atoms with van der Waals surface area (Å²) in [5.41, 5.74) is 11.3. The Balaban J connectivity index is 1.12. The fourth-order valence-corrected chi connectivity index (χ4v) is 7.14. The van der Waals surface area contributed by atoms with Gasteiger partial charge in [-0.25, -0.2) is 9.97 Å². The van der Waals surface area contributed by atoms with Crippen LogP contribution in [0.5, 0.6) is 0 Å². The van der Waals surface area contributed by atoms with Crippen molar-refractivity contribution in [2.24, 2.45) is 0 Å². The Morgan fingerprint density at radius 3 is 1.88 bits per heavy atom. The highest BCUT2D eigenvalue weighted by molar-refractivity contribution is 6.21. The molecule has 4 heteroatoms. The number of rotatable bonds is 4. The molecule has 0 atom stereocenters. The lowest BCUT2D eigenvalue weighted by Gasteiger charge is -2.12. The van der Waals surface area contributed by atoms with E-state index in [0.717, 1.165) is 66.4 Å². The highest BCUT2D eigenvalue weighted by atomic mass is 16.3. The van der Waals surface area contributed by atoms with Gasteiger partial charge in [0.15, 0.2) is 11.4 Å². The largest absolute Gasteiger partial charge is 0.454 e. The molecule has 0 aliphatic rings. The maximum Gasteiger partial charge on any atom is 0.160 e. The van der Waals surface area contributed by atoms with E-state index in [-0.39, 0.29) is 0 Å². The lowest BCUT2D eigenvalue weighted by molar-refractivity contribution is 0.671. The van der Waals surface area contributed by atoms with Crippen molar-refractivity contribution in [1.29, 1.82) is 0 Å². The quantitative estimate of drug-likeness (QED) is 0.198. The van der Waals surface area contributed by atoms with E-state index in [1.54, 1.807) is 0 Å². The molecule has 7 aromatic carbocycles. The molecule has 3 aromatic heterocycles. The molecule has 3 heterocycles. The van der Waals surface area contributed by atoms with E-state index in [2.05, 4.69) is 138 Å². The summed E-state index contributed by atoms with van der Waals surface area (Å²) in [5, 5.41) is 5.64. The zero-order valence-corrected chi connectivity index (χ0v) is 25.8. The second-order valence-electron chi connectivity index (χ2n) is 12.2. The van der Waals surface area contributed by atoms with E-state index in [0.29, 0.717) is 5.82 Å². The summed E-state index contributed by atoms with van der Waals surface area (Å²) in [5.74, 6) is 0.698. The van der Waals surface area contributed by atoms with Gasteiger partial charge in [-0.15, -0.1) is 0 Å². The monoisotopic (exact) mass is 613 g/mol. The molecular formula is C44H27N3O. The topological polar surface area (TPSA) is 43.9 Å². The minimum atomic E-state index is 0.698. The molecule has 0 aliphatic heterocycles. The van der Waals surface area contributed by atoms with Gasteiger partial charge >= 0.3 is 0 Å². The van der Waals surface area contributed by atoms with E-state index in [4.69, 9.17) is 14.4 Å². The van der Waals surface area contributed by atoms with Crippen molar-refractivity contribution >= 4 is 54.6 Å². The van der Waals surface area contributed by atoms with Gasteiger partial charge in [0.2, 0.25) is 0 Å². The molecule has 0 aliphatic carbocycles. The summed E-state index contributed by atoms with van der Waals surface area (Å²) in [4.78, 5) is 10.2. The normalized spacial score (nSPS) is 11.8. The van der Waals surface area contributed by atoms with Crippen LogP contribution in [-0.4, -0.2) is 14.5 Å². The van der Waals surface area contributed by atoms with Gasteiger partial charge in [-0.1, -0.05) is 115 Å². The molecule has 0 saturated carbocycles. The molecular weight excluding hydrogens is 587 g/mol. The van der Waals surface area contributed by atoms with Crippen LogP contribution in [-0.2, 0) is 0 Å². The zero-order chi connectivity index (χ0) is 31.6. The second-order valence-corrected chi connectivity index (χ2v) is 12.2. The predicted octanol–water partition coefficient (Wildman–Crippen LogP) is 11.6. The third-order valence-corrected chi connectivity index (χ3v) is 9.43. The first-order chi connectivity index (χ1) is 23.8. The Morgan fingerprint density at radius 2 is 1.04 bits per heavy atom. The number of para-hydroxylation sites is 3. The number of aromatic nitrogens is 3. The first kappa shape index (κ1) is 26.7. The van der Waals surface area contributed by atoms with Gasteiger partial charge in [0.05, 0.1) is 22.2 Å². The number of benzene rings is 7. The van der Waals surface area contributed by atoms with Gasteiger partial charge < -0.3 is 8.98 Å². The van der Waals surface area contributed by atoms with Crippen LogP contribution < -0.4 is 0 Å².